The van der Waals surface area contributed by atoms with Gasteiger partial charge in [0.05, 0.1) is 5.71 Å². The van der Waals surface area contributed by atoms with Gasteiger partial charge in [-0.3, -0.25) is 4.79 Å². The Morgan fingerprint density at radius 1 is 1.06 bits per heavy atom. The lowest BCUT2D eigenvalue weighted by Crippen LogP contribution is -2.12. The number of nitrogens with one attached hydrogen (secondary N) is 3. The Bertz CT molecular complexity index is 1260. The first-order valence-electron chi connectivity index (χ1n) is 10.4. The highest BCUT2D eigenvalue weighted by atomic mass is 16.1. The summed E-state index contributed by atoms with van der Waals surface area (Å²) in [6.07, 6.45) is 3.84. The summed E-state index contributed by atoms with van der Waals surface area (Å²) in [5, 5.41) is 13.1. The van der Waals surface area contributed by atoms with Crippen molar-refractivity contribution in [1.82, 2.24) is 9.97 Å². The zero-order valence-electron chi connectivity index (χ0n) is 18.5. The van der Waals surface area contributed by atoms with Gasteiger partial charge in [-0.1, -0.05) is 26.0 Å². The summed E-state index contributed by atoms with van der Waals surface area (Å²) >= 11 is 0. The molecule has 8 heteroatoms. The minimum Gasteiger partial charge on any atom is -0.388 e. The summed E-state index contributed by atoms with van der Waals surface area (Å²) in [5.41, 5.74) is 14.8. The maximum absolute atomic E-state index is 12.8. The summed E-state index contributed by atoms with van der Waals surface area (Å²) in [4.78, 5) is 19.1. The molecule has 0 fully saturated rings. The summed E-state index contributed by atoms with van der Waals surface area (Å²) in [6, 6.07) is 15.6. The fraction of sp³-hybridized carbons (Fsp3) is 0.208. The third kappa shape index (κ3) is 5.22. The van der Waals surface area contributed by atoms with E-state index in [0.29, 0.717) is 11.6 Å². The molecule has 7 N–H and O–H groups in total. The number of aromatic amines is 2. The second kappa shape index (κ2) is 10.4. The van der Waals surface area contributed by atoms with Gasteiger partial charge in [0.2, 0.25) is 0 Å². The highest BCUT2D eigenvalue weighted by Crippen LogP contribution is 2.22. The monoisotopic (exact) mass is 431 g/mol. The van der Waals surface area contributed by atoms with E-state index in [1.807, 2.05) is 54.7 Å². The molecule has 8 nitrogen and oxygen atoms in total. The van der Waals surface area contributed by atoms with Gasteiger partial charge in [-0.05, 0) is 66.7 Å². The van der Waals surface area contributed by atoms with Gasteiger partial charge in [-0.25, -0.2) is 0 Å². The number of nitrogens with zero attached hydrogens (tertiary/aromatic N) is 2. The van der Waals surface area contributed by atoms with Crippen LogP contribution in [0.3, 0.4) is 0 Å². The van der Waals surface area contributed by atoms with Crippen molar-refractivity contribution in [3.63, 3.8) is 0 Å². The first kappa shape index (κ1) is 22.8. The zero-order chi connectivity index (χ0) is 23.1. The Hall–Kier alpha value is -3.91. The van der Waals surface area contributed by atoms with Gasteiger partial charge in [0, 0.05) is 28.3 Å². The molecule has 1 amide bonds. The first-order chi connectivity index (χ1) is 15.5. The fourth-order valence-electron chi connectivity index (χ4n) is 3.46. The van der Waals surface area contributed by atoms with E-state index in [2.05, 4.69) is 45.1 Å². The number of fused-ring (bicyclic) bond motifs is 2. The quantitative estimate of drug-likeness (QED) is 0.177. The molecule has 0 unspecified atom stereocenters. The van der Waals surface area contributed by atoms with Gasteiger partial charge in [-0.15, -0.1) is 5.10 Å². The van der Waals surface area contributed by atoms with Crippen molar-refractivity contribution in [3.8, 4) is 0 Å². The van der Waals surface area contributed by atoms with Crippen LogP contribution in [0.15, 0.2) is 64.9 Å². The zero-order valence-corrected chi connectivity index (χ0v) is 18.5. The van der Waals surface area contributed by atoms with Gasteiger partial charge in [0.15, 0.2) is 0 Å². The summed E-state index contributed by atoms with van der Waals surface area (Å²) < 4.78 is 0. The molecule has 0 aliphatic heterocycles. The molecule has 2 aromatic carbocycles. The minimum absolute atomic E-state index is 0.192. The molecule has 4 aromatic rings. The van der Waals surface area contributed by atoms with Crippen LogP contribution in [-0.4, -0.2) is 35.0 Å². The molecule has 0 aliphatic carbocycles. The van der Waals surface area contributed by atoms with E-state index in [0.717, 1.165) is 45.2 Å². The van der Waals surface area contributed by atoms with Gasteiger partial charge in [-0.2, -0.15) is 5.10 Å². The molecule has 32 heavy (non-hydrogen) atoms. The van der Waals surface area contributed by atoms with Crippen LogP contribution in [0.5, 0.6) is 0 Å². The minimum atomic E-state index is -0.192. The highest BCUT2D eigenvalue weighted by Gasteiger charge is 2.13. The topological polar surface area (TPSA) is 137 Å². The predicted octanol–water partition coefficient (Wildman–Crippen LogP) is 4.21. The SMILES string of the molecule is CC(C)C/C(=N\N=C\N)c1ccc2[nH]c(C(=O)Nc3ccc4cc[nH]c4c3)cc2c1.CN. The third-order valence-electron chi connectivity index (χ3n) is 4.86. The van der Waals surface area contributed by atoms with Crippen molar-refractivity contribution in [2.75, 3.05) is 12.4 Å². The molecule has 0 radical (unpaired) electrons. The van der Waals surface area contributed by atoms with Gasteiger partial charge in [0.25, 0.3) is 5.91 Å². The van der Waals surface area contributed by atoms with Crippen molar-refractivity contribution in [2.24, 2.45) is 27.6 Å². The maximum Gasteiger partial charge on any atom is 0.272 e. The lowest BCUT2D eigenvalue weighted by Gasteiger charge is -2.08. The lowest BCUT2D eigenvalue weighted by atomic mass is 9.99. The van der Waals surface area contributed by atoms with Crippen molar-refractivity contribution in [3.05, 3.63) is 66.0 Å². The van der Waals surface area contributed by atoms with E-state index in [9.17, 15) is 4.79 Å². The average molecular weight is 432 g/mol. The number of carbonyl (C=O) groups is 1. The van der Waals surface area contributed by atoms with E-state index >= 15 is 0 Å². The Kier molecular flexibility index (Phi) is 7.41. The molecule has 0 bridgehead atoms. The summed E-state index contributed by atoms with van der Waals surface area (Å²) in [5.74, 6) is 0.236. The molecule has 0 saturated heterocycles. The fourth-order valence-corrected chi connectivity index (χ4v) is 3.46. The molecule has 0 aliphatic rings. The number of nitrogens with two attached hydrogens (primary N) is 2. The number of amides is 1. The van der Waals surface area contributed by atoms with Gasteiger partial charge >= 0.3 is 0 Å². The smallest absolute Gasteiger partial charge is 0.272 e. The number of hydrogen-bond donors (Lipinski definition) is 5. The number of hydrogen-bond acceptors (Lipinski definition) is 4. The molecular weight excluding hydrogens is 402 g/mol. The highest BCUT2D eigenvalue weighted by molar-refractivity contribution is 6.08. The normalized spacial score (nSPS) is 11.8. The molecule has 166 valence electrons. The maximum atomic E-state index is 12.8. The number of benzene rings is 2. The Balaban J connectivity index is 0.00000141. The number of H-pyrrole nitrogens is 2. The first-order valence-corrected chi connectivity index (χ1v) is 10.4. The largest absolute Gasteiger partial charge is 0.388 e. The second-order valence-corrected chi connectivity index (χ2v) is 7.63. The van der Waals surface area contributed by atoms with Gasteiger partial charge in [0.1, 0.15) is 12.0 Å². The lowest BCUT2D eigenvalue weighted by molar-refractivity contribution is 0.102. The van der Waals surface area contributed by atoms with Crippen LogP contribution >= 0.6 is 0 Å². The van der Waals surface area contributed by atoms with E-state index in [1.54, 1.807) is 0 Å². The number of rotatable bonds is 6. The van der Waals surface area contributed by atoms with Crippen molar-refractivity contribution in [2.45, 2.75) is 20.3 Å². The number of aromatic nitrogens is 2. The van der Waals surface area contributed by atoms with Crippen molar-refractivity contribution < 1.29 is 4.79 Å². The molecule has 4 rings (SSSR count). The number of carbonyl (C=O) groups excluding carboxylic acids is 1. The summed E-state index contributed by atoms with van der Waals surface area (Å²) in [6.45, 7) is 4.26. The van der Waals surface area contributed by atoms with E-state index < -0.39 is 0 Å². The van der Waals surface area contributed by atoms with Crippen LogP contribution in [0, 0.1) is 5.92 Å². The van der Waals surface area contributed by atoms with Crippen molar-refractivity contribution in [1.29, 1.82) is 0 Å². The summed E-state index contributed by atoms with van der Waals surface area (Å²) in [7, 11) is 1.50. The van der Waals surface area contributed by atoms with E-state index in [1.165, 1.54) is 13.4 Å². The van der Waals surface area contributed by atoms with Gasteiger partial charge < -0.3 is 26.8 Å². The third-order valence-corrected chi connectivity index (χ3v) is 4.86. The van der Waals surface area contributed by atoms with E-state index in [4.69, 9.17) is 5.73 Å². The Morgan fingerprint density at radius 3 is 2.62 bits per heavy atom. The van der Waals surface area contributed by atoms with Crippen LogP contribution in [0.2, 0.25) is 0 Å². The molecule has 0 saturated carbocycles. The molecule has 2 heterocycles. The molecular formula is C24H29N7O. The van der Waals surface area contributed by atoms with Crippen LogP contribution in [0.1, 0.15) is 36.3 Å². The molecule has 0 atom stereocenters. The standard InChI is InChI=1S/C23H24N6O.CH5N/c1-14(2)9-21(29-26-13-24)16-4-6-19-17(10-16)11-22(28-19)23(30)27-18-5-3-15-7-8-25-20(15)12-18;1-2/h3-8,10-14,25,28H,9H2,1-2H3,(H2,24,26)(H,27,30);2H2,1H3/b29-21+;. The average Bonchev–Trinajstić information content (AvgIpc) is 3.43. The van der Waals surface area contributed by atoms with Crippen molar-refractivity contribution >= 4 is 45.5 Å². The Labute approximate surface area is 186 Å². The predicted molar refractivity (Wildman–Crippen MR) is 133 cm³/mol. The van der Waals surface area contributed by atoms with Crippen LogP contribution in [-0.2, 0) is 0 Å². The molecule has 0 spiro atoms. The molecule has 2 aromatic heterocycles. The van der Waals surface area contributed by atoms with Crippen LogP contribution in [0.25, 0.3) is 21.8 Å². The van der Waals surface area contributed by atoms with Crippen LogP contribution < -0.4 is 16.8 Å². The number of anilines is 1. The second-order valence-electron chi connectivity index (χ2n) is 7.63. The van der Waals surface area contributed by atoms with E-state index in [-0.39, 0.29) is 5.91 Å². The van der Waals surface area contributed by atoms with Crippen LogP contribution in [0.4, 0.5) is 5.69 Å². The Morgan fingerprint density at radius 2 is 1.88 bits per heavy atom.